The van der Waals surface area contributed by atoms with Crippen LogP contribution in [0.4, 0.5) is 0 Å². The molecule has 0 radical (unpaired) electrons. The number of carbonyl (C=O) groups is 1. The fourth-order valence-electron chi connectivity index (χ4n) is 4.12. The summed E-state index contributed by atoms with van der Waals surface area (Å²) in [5, 5.41) is 3.80. The zero-order chi connectivity index (χ0) is 22.0. The number of sulfonamides is 1. The number of nitrogens with one attached hydrogen (secondary N) is 1. The summed E-state index contributed by atoms with van der Waals surface area (Å²) in [6, 6.07) is 13.6. The summed E-state index contributed by atoms with van der Waals surface area (Å²) in [5.74, 6) is 0.492. The Kier molecular flexibility index (Phi) is 6.02. The minimum Gasteiger partial charge on any atom is -0.497 e. The predicted octanol–water partition coefficient (Wildman–Crippen LogP) is 2.23. The Morgan fingerprint density at radius 1 is 1.16 bits per heavy atom. The molecule has 1 aliphatic heterocycles. The zero-order valence-electron chi connectivity index (χ0n) is 17.8. The van der Waals surface area contributed by atoms with Crippen molar-refractivity contribution in [3.63, 3.8) is 0 Å². The standard InChI is InChI=1S/C23H27N3O4S/c1-25-15-19(21-5-3-4-6-22(21)25)14-23(27)24-10-12-31(28,29)26-11-9-17-13-20(30-2)8-7-18(17)16-26/h3-8,13,15H,9-12,14,16H2,1-2H3,(H,24,27). The molecule has 0 atom stereocenters. The van der Waals surface area contributed by atoms with Gasteiger partial charge in [-0.2, -0.15) is 4.31 Å². The highest BCUT2D eigenvalue weighted by molar-refractivity contribution is 7.89. The number of hydrogen-bond acceptors (Lipinski definition) is 4. The lowest BCUT2D eigenvalue weighted by atomic mass is 10.0. The number of ether oxygens (including phenoxy) is 1. The van der Waals surface area contributed by atoms with Gasteiger partial charge in [-0.25, -0.2) is 8.42 Å². The third-order valence-corrected chi connectivity index (χ3v) is 7.62. The molecule has 2 aromatic carbocycles. The SMILES string of the molecule is COc1ccc2c(c1)CCN(S(=O)(=O)CCNC(=O)Cc1cn(C)c3ccccc13)C2. The van der Waals surface area contributed by atoms with Crippen molar-refractivity contribution in [1.29, 1.82) is 0 Å². The molecule has 1 aliphatic rings. The molecule has 1 aromatic heterocycles. The Hall–Kier alpha value is -2.84. The molecule has 0 aliphatic carbocycles. The molecular weight excluding hydrogens is 414 g/mol. The van der Waals surface area contributed by atoms with Crippen LogP contribution in [-0.4, -0.2) is 49.1 Å². The van der Waals surface area contributed by atoms with Crippen LogP contribution in [0.3, 0.4) is 0 Å². The molecule has 2 heterocycles. The van der Waals surface area contributed by atoms with Crippen LogP contribution in [0.1, 0.15) is 16.7 Å². The van der Waals surface area contributed by atoms with Crippen LogP contribution >= 0.6 is 0 Å². The van der Waals surface area contributed by atoms with Crippen LogP contribution in [0, 0.1) is 0 Å². The smallest absolute Gasteiger partial charge is 0.224 e. The second-order valence-corrected chi connectivity index (χ2v) is 9.93. The van der Waals surface area contributed by atoms with E-state index in [1.54, 1.807) is 7.11 Å². The minimum atomic E-state index is -3.46. The Bertz CT molecular complexity index is 1220. The van der Waals surface area contributed by atoms with E-state index in [0.717, 1.165) is 33.3 Å². The van der Waals surface area contributed by atoms with Crippen molar-refractivity contribution >= 4 is 26.8 Å². The normalized spacial score (nSPS) is 14.4. The van der Waals surface area contributed by atoms with E-state index in [9.17, 15) is 13.2 Å². The van der Waals surface area contributed by atoms with Crippen LogP contribution in [0.25, 0.3) is 10.9 Å². The average molecular weight is 442 g/mol. The molecule has 31 heavy (non-hydrogen) atoms. The molecule has 0 saturated heterocycles. The minimum absolute atomic E-state index is 0.0951. The van der Waals surface area contributed by atoms with Crippen LogP contribution in [0.2, 0.25) is 0 Å². The van der Waals surface area contributed by atoms with E-state index in [2.05, 4.69) is 5.32 Å². The predicted molar refractivity (Wildman–Crippen MR) is 121 cm³/mol. The van der Waals surface area contributed by atoms with Gasteiger partial charge in [0.15, 0.2) is 0 Å². The molecule has 8 heteroatoms. The van der Waals surface area contributed by atoms with E-state index in [1.165, 1.54) is 4.31 Å². The molecule has 0 unspecified atom stereocenters. The lowest BCUT2D eigenvalue weighted by molar-refractivity contribution is -0.120. The summed E-state index contributed by atoms with van der Waals surface area (Å²) in [7, 11) is 0.111. The first-order valence-electron chi connectivity index (χ1n) is 10.3. The second kappa shape index (κ2) is 8.72. The fraction of sp³-hybridized carbons (Fsp3) is 0.348. The number of aryl methyl sites for hydroxylation is 1. The van der Waals surface area contributed by atoms with Gasteiger partial charge in [0.25, 0.3) is 0 Å². The van der Waals surface area contributed by atoms with Gasteiger partial charge in [0, 0.05) is 43.8 Å². The Balaban J connectivity index is 1.32. The molecule has 164 valence electrons. The van der Waals surface area contributed by atoms with Gasteiger partial charge in [0.05, 0.1) is 19.3 Å². The molecule has 4 rings (SSSR count). The van der Waals surface area contributed by atoms with Gasteiger partial charge in [0.1, 0.15) is 5.75 Å². The Labute approximate surface area is 182 Å². The van der Waals surface area contributed by atoms with E-state index in [0.29, 0.717) is 19.5 Å². The number of methoxy groups -OCH3 is 1. The fourth-order valence-corrected chi connectivity index (χ4v) is 5.44. The lowest BCUT2D eigenvalue weighted by Crippen LogP contribution is -2.40. The van der Waals surface area contributed by atoms with Crippen molar-refractivity contribution in [2.24, 2.45) is 7.05 Å². The summed E-state index contributed by atoms with van der Waals surface area (Å²) in [4.78, 5) is 12.4. The monoisotopic (exact) mass is 441 g/mol. The largest absolute Gasteiger partial charge is 0.497 e. The number of benzene rings is 2. The quantitative estimate of drug-likeness (QED) is 0.610. The number of hydrogen-bond donors (Lipinski definition) is 1. The van der Waals surface area contributed by atoms with E-state index >= 15 is 0 Å². The summed E-state index contributed by atoms with van der Waals surface area (Å²) in [5.41, 5.74) is 4.11. The zero-order valence-corrected chi connectivity index (χ0v) is 18.6. The van der Waals surface area contributed by atoms with Crippen molar-refractivity contribution in [2.45, 2.75) is 19.4 Å². The van der Waals surface area contributed by atoms with E-state index in [-0.39, 0.29) is 24.6 Å². The van der Waals surface area contributed by atoms with Crippen LogP contribution in [0.15, 0.2) is 48.7 Å². The first-order valence-corrected chi connectivity index (χ1v) is 11.9. The highest BCUT2D eigenvalue weighted by atomic mass is 32.2. The van der Waals surface area contributed by atoms with E-state index < -0.39 is 10.0 Å². The number of carbonyl (C=O) groups excluding carboxylic acids is 1. The summed E-state index contributed by atoms with van der Waals surface area (Å²) in [6.45, 7) is 0.885. The van der Waals surface area contributed by atoms with Crippen molar-refractivity contribution in [3.8, 4) is 5.75 Å². The van der Waals surface area contributed by atoms with Crippen LogP contribution in [0.5, 0.6) is 5.75 Å². The van der Waals surface area contributed by atoms with Gasteiger partial charge in [-0.05, 0) is 41.3 Å². The van der Waals surface area contributed by atoms with Crippen LogP contribution < -0.4 is 10.1 Å². The number of rotatable bonds is 7. The maximum atomic E-state index is 12.8. The van der Waals surface area contributed by atoms with Crippen molar-refractivity contribution in [1.82, 2.24) is 14.2 Å². The van der Waals surface area contributed by atoms with E-state index in [4.69, 9.17) is 4.74 Å². The second-order valence-electron chi connectivity index (χ2n) is 7.84. The van der Waals surface area contributed by atoms with Gasteiger partial charge in [-0.3, -0.25) is 4.79 Å². The number of nitrogens with zero attached hydrogens (tertiary/aromatic N) is 2. The van der Waals surface area contributed by atoms with Gasteiger partial charge < -0.3 is 14.6 Å². The molecule has 3 aromatic rings. The van der Waals surface area contributed by atoms with E-state index in [1.807, 2.05) is 60.3 Å². The maximum Gasteiger partial charge on any atom is 0.224 e. The molecule has 0 saturated carbocycles. The van der Waals surface area contributed by atoms with Gasteiger partial charge in [-0.1, -0.05) is 24.3 Å². The topological polar surface area (TPSA) is 80.6 Å². The first kappa shape index (κ1) is 21.4. The van der Waals surface area contributed by atoms with Crippen LogP contribution in [-0.2, 0) is 41.3 Å². The highest BCUT2D eigenvalue weighted by Crippen LogP contribution is 2.25. The van der Waals surface area contributed by atoms with Crippen molar-refractivity contribution in [2.75, 3.05) is 26.0 Å². The number of fused-ring (bicyclic) bond motifs is 2. The molecule has 1 amide bonds. The molecule has 1 N–H and O–H groups in total. The molecular formula is C23H27N3O4S. The number of amides is 1. The Morgan fingerprint density at radius 3 is 2.77 bits per heavy atom. The summed E-state index contributed by atoms with van der Waals surface area (Å²) in [6.07, 6.45) is 2.82. The molecule has 0 spiro atoms. The van der Waals surface area contributed by atoms with Gasteiger partial charge >= 0.3 is 0 Å². The average Bonchev–Trinajstić information content (AvgIpc) is 3.08. The summed E-state index contributed by atoms with van der Waals surface area (Å²) >= 11 is 0. The molecule has 0 fully saturated rings. The number of aromatic nitrogens is 1. The van der Waals surface area contributed by atoms with Gasteiger partial charge in [-0.15, -0.1) is 0 Å². The third kappa shape index (κ3) is 4.60. The molecule has 7 nitrogen and oxygen atoms in total. The summed E-state index contributed by atoms with van der Waals surface area (Å²) < 4.78 is 34.3. The highest BCUT2D eigenvalue weighted by Gasteiger charge is 2.26. The Morgan fingerprint density at radius 2 is 1.97 bits per heavy atom. The van der Waals surface area contributed by atoms with Gasteiger partial charge in [0.2, 0.25) is 15.9 Å². The maximum absolute atomic E-state index is 12.8. The van der Waals surface area contributed by atoms with Crippen molar-refractivity contribution < 1.29 is 17.9 Å². The number of para-hydroxylation sites is 1. The third-order valence-electron chi connectivity index (χ3n) is 5.80. The van der Waals surface area contributed by atoms with Crippen molar-refractivity contribution in [3.05, 3.63) is 65.4 Å². The molecule has 0 bridgehead atoms. The lowest BCUT2D eigenvalue weighted by Gasteiger charge is -2.28. The first-order chi connectivity index (χ1) is 14.9.